The summed E-state index contributed by atoms with van der Waals surface area (Å²) in [5, 5.41) is 15.4. The highest BCUT2D eigenvalue weighted by Crippen LogP contribution is 2.19. The molecule has 1 aliphatic heterocycles. The Bertz CT molecular complexity index is 435. The minimum Gasteiger partial charge on any atom is -0.396 e. The Morgan fingerprint density at radius 2 is 1.86 bits per heavy atom. The number of aliphatic hydroxyl groups excluding tert-OH is 1. The molecule has 3 N–H and O–H groups in total. The van der Waals surface area contributed by atoms with Gasteiger partial charge in [-0.1, -0.05) is 6.92 Å². The number of nitrogens with one attached hydrogen (secondary N) is 2. The van der Waals surface area contributed by atoms with Crippen LogP contribution in [0.1, 0.15) is 39.0 Å². The van der Waals surface area contributed by atoms with Crippen LogP contribution in [-0.2, 0) is 0 Å². The van der Waals surface area contributed by atoms with Crippen molar-refractivity contribution in [1.82, 2.24) is 15.0 Å². The number of rotatable bonds is 7. The lowest BCUT2D eigenvalue weighted by Gasteiger charge is -2.27. The molecule has 1 aliphatic rings. The number of aliphatic hydroxyl groups is 1. The molecule has 1 atom stereocenters. The van der Waals surface area contributed by atoms with Crippen molar-refractivity contribution in [3.8, 4) is 0 Å². The molecular formula is C14H26N6O. The Morgan fingerprint density at radius 1 is 1.14 bits per heavy atom. The summed E-state index contributed by atoms with van der Waals surface area (Å²) in [6, 6.07) is 0.177. The van der Waals surface area contributed by atoms with Crippen LogP contribution in [0.15, 0.2) is 0 Å². The van der Waals surface area contributed by atoms with E-state index in [-0.39, 0.29) is 12.6 Å². The molecule has 0 amide bonds. The first-order chi connectivity index (χ1) is 10.3. The summed E-state index contributed by atoms with van der Waals surface area (Å²) in [4.78, 5) is 15.6. The fraction of sp³-hybridized carbons (Fsp3) is 0.786. The lowest BCUT2D eigenvalue weighted by molar-refractivity contribution is 0.278. The van der Waals surface area contributed by atoms with E-state index in [2.05, 4.69) is 37.4 Å². The molecule has 1 aromatic rings. The van der Waals surface area contributed by atoms with Crippen LogP contribution in [-0.4, -0.2) is 52.8 Å². The number of anilines is 3. The molecule has 0 saturated carbocycles. The van der Waals surface area contributed by atoms with Crippen molar-refractivity contribution in [3.63, 3.8) is 0 Å². The number of piperidine rings is 1. The van der Waals surface area contributed by atoms with Crippen molar-refractivity contribution >= 4 is 17.8 Å². The van der Waals surface area contributed by atoms with E-state index >= 15 is 0 Å². The predicted molar refractivity (Wildman–Crippen MR) is 84.8 cm³/mol. The average Bonchev–Trinajstić information content (AvgIpc) is 2.55. The molecule has 0 aromatic carbocycles. The topological polar surface area (TPSA) is 86.2 Å². The summed E-state index contributed by atoms with van der Waals surface area (Å²) in [6.07, 6.45) is 5.26. The van der Waals surface area contributed by atoms with Gasteiger partial charge in [0.15, 0.2) is 0 Å². The van der Waals surface area contributed by atoms with Gasteiger partial charge in [0.05, 0.1) is 0 Å². The van der Waals surface area contributed by atoms with E-state index in [9.17, 15) is 0 Å². The summed E-state index contributed by atoms with van der Waals surface area (Å²) in [5.41, 5.74) is 0. The average molecular weight is 294 g/mol. The second kappa shape index (κ2) is 7.97. The van der Waals surface area contributed by atoms with Crippen LogP contribution in [0.4, 0.5) is 17.8 Å². The minimum absolute atomic E-state index is 0.161. The molecule has 7 heteroatoms. The first kappa shape index (κ1) is 15.8. The Hall–Kier alpha value is -1.63. The molecule has 1 aromatic heterocycles. The smallest absolute Gasteiger partial charge is 0.231 e. The van der Waals surface area contributed by atoms with E-state index in [0.717, 1.165) is 25.5 Å². The first-order valence-electron chi connectivity index (χ1n) is 7.83. The third-order valence-electron chi connectivity index (χ3n) is 3.79. The Labute approximate surface area is 126 Å². The molecule has 0 spiro atoms. The number of nitrogens with zero attached hydrogens (tertiary/aromatic N) is 4. The van der Waals surface area contributed by atoms with E-state index in [1.54, 1.807) is 0 Å². The van der Waals surface area contributed by atoms with Gasteiger partial charge in [-0.25, -0.2) is 0 Å². The fourth-order valence-corrected chi connectivity index (χ4v) is 2.49. The quantitative estimate of drug-likeness (QED) is 0.702. The second-order valence-electron chi connectivity index (χ2n) is 5.34. The van der Waals surface area contributed by atoms with Crippen LogP contribution >= 0.6 is 0 Å². The van der Waals surface area contributed by atoms with Gasteiger partial charge >= 0.3 is 0 Å². The molecule has 0 radical (unpaired) electrons. The summed E-state index contributed by atoms with van der Waals surface area (Å²) >= 11 is 0. The van der Waals surface area contributed by atoms with E-state index in [1.165, 1.54) is 19.3 Å². The minimum atomic E-state index is 0.161. The number of hydrogen-bond donors (Lipinski definition) is 3. The highest BCUT2D eigenvalue weighted by atomic mass is 16.3. The van der Waals surface area contributed by atoms with Crippen molar-refractivity contribution in [3.05, 3.63) is 0 Å². The van der Waals surface area contributed by atoms with Gasteiger partial charge in [-0.15, -0.1) is 0 Å². The predicted octanol–water partition coefficient (Wildman–Crippen LogP) is 1.48. The standard InChI is InChI=1S/C14H26N6O/c1-3-11(7-10-21)16-13-17-12(15-2)18-14(19-13)20-8-5-4-6-9-20/h11,21H,3-10H2,1-2H3,(H2,15,16,17,18,19). The van der Waals surface area contributed by atoms with Crippen LogP contribution in [0, 0.1) is 0 Å². The molecule has 1 saturated heterocycles. The van der Waals surface area contributed by atoms with E-state index in [0.29, 0.717) is 18.3 Å². The van der Waals surface area contributed by atoms with Crippen molar-refractivity contribution < 1.29 is 5.11 Å². The van der Waals surface area contributed by atoms with Gasteiger partial charge in [0.2, 0.25) is 17.8 Å². The van der Waals surface area contributed by atoms with Crippen molar-refractivity contribution in [1.29, 1.82) is 0 Å². The molecular weight excluding hydrogens is 268 g/mol. The van der Waals surface area contributed by atoms with E-state index in [4.69, 9.17) is 5.11 Å². The molecule has 1 fully saturated rings. The van der Waals surface area contributed by atoms with Crippen LogP contribution < -0.4 is 15.5 Å². The summed E-state index contributed by atoms with van der Waals surface area (Å²) in [6.45, 7) is 4.24. The van der Waals surface area contributed by atoms with Crippen molar-refractivity contribution in [2.75, 3.05) is 42.3 Å². The normalized spacial score (nSPS) is 16.6. The van der Waals surface area contributed by atoms with Gasteiger partial charge in [-0.2, -0.15) is 15.0 Å². The molecule has 21 heavy (non-hydrogen) atoms. The van der Waals surface area contributed by atoms with Crippen LogP contribution in [0.5, 0.6) is 0 Å². The zero-order valence-electron chi connectivity index (χ0n) is 13.0. The van der Waals surface area contributed by atoms with Gasteiger partial charge in [-0.05, 0) is 32.1 Å². The van der Waals surface area contributed by atoms with Crippen LogP contribution in [0.25, 0.3) is 0 Å². The lowest BCUT2D eigenvalue weighted by atomic mass is 10.1. The molecule has 118 valence electrons. The fourth-order valence-electron chi connectivity index (χ4n) is 2.49. The van der Waals surface area contributed by atoms with E-state index in [1.807, 2.05) is 7.05 Å². The lowest BCUT2D eigenvalue weighted by Crippen LogP contribution is -2.32. The number of aromatic nitrogens is 3. The van der Waals surface area contributed by atoms with Gasteiger partial charge in [-0.3, -0.25) is 0 Å². The van der Waals surface area contributed by atoms with Crippen molar-refractivity contribution in [2.24, 2.45) is 0 Å². The van der Waals surface area contributed by atoms with E-state index < -0.39 is 0 Å². The third-order valence-corrected chi connectivity index (χ3v) is 3.79. The summed E-state index contributed by atoms with van der Waals surface area (Å²) < 4.78 is 0. The molecule has 0 bridgehead atoms. The Morgan fingerprint density at radius 3 is 2.48 bits per heavy atom. The zero-order valence-corrected chi connectivity index (χ0v) is 13.0. The highest BCUT2D eigenvalue weighted by molar-refractivity contribution is 5.44. The maximum Gasteiger partial charge on any atom is 0.231 e. The SMILES string of the molecule is CCC(CCO)Nc1nc(NC)nc(N2CCCCC2)n1. The molecule has 7 nitrogen and oxygen atoms in total. The zero-order chi connectivity index (χ0) is 15.1. The molecule has 0 aliphatic carbocycles. The molecule has 2 rings (SSSR count). The highest BCUT2D eigenvalue weighted by Gasteiger charge is 2.17. The molecule has 1 unspecified atom stereocenters. The number of hydrogen-bond acceptors (Lipinski definition) is 7. The van der Waals surface area contributed by atoms with Crippen molar-refractivity contribution in [2.45, 2.75) is 45.1 Å². The first-order valence-corrected chi connectivity index (χ1v) is 7.83. The van der Waals surface area contributed by atoms with Crippen LogP contribution in [0.2, 0.25) is 0 Å². The monoisotopic (exact) mass is 294 g/mol. The maximum atomic E-state index is 9.09. The summed E-state index contributed by atoms with van der Waals surface area (Å²) in [5.74, 6) is 1.89. The summed E-state index contributed by atoms with van der Waals surface area (Å²) in [7, 11) is 1.81. The third kappa shape index (κ3) is 4.42. The maximum absolute atomic E-state index is 9.09. The van der Waals surface area contributed by atoms with Gasteiger partial charge in [0.1, 0.15) is 0 Å². The largest absolute Gasteiger partial charge is 0.396 e. The van der Waals surface area contributed by atoms with Gasteiger partial charge in [0, 0.05) is 32.8 Å². The van der Waals surface area contributed by atoms with Crippen LogP contribution in [0.3, 0.4) is 0 Å². The Balaban J connectivity index is 2.16. The van der Waals surface area contributed by atoms with Gasteiger partial charge < -0.3 is 20.6 Å². The second-order valence-corrected chi connectivity index (χ2v) is 5.34. The molecule has 2 heterocycles. The Kier molecular flexibility index (Phi) is 5.98. The van der Waals surface area contributed by atoms with Gasteiger partial charge in [0.25, 0.3) is 0 Å².